The molecule has 1 aromatic rings. The molecular formula is C12H16N4O3. The molecule has 0 aromatic carbocycles. The Kier molecular flexibility index (Phi) is 4.40. The van der Waals surface area contributed by atoms with E-state index in [1.165, 1.54) is 12.5 Å². The van der Waals surface area contributed by atoms with Crippen molar-refractivity contribution in [2.45, 2.75) is 31.8 Å². The molecule has 19 heavy (non-hydrogen) atoms. The number of carbonyl (C=O) groups excluding carboxylic acids is 1. The largest absolute Gasteiger partial charge is 0.478 e. The maximum Gasteiger partial charge on any atom is 0.339 e. The Balaban J connectivity index is 1.72. The average molecular weight is 264 g/mol. The predicted molar refractivity (Wildman–Crippen MR) is 66.5 cm³/mol. The third-order valence-electron chi connectivity index (χ3n) is 2.79. The molecule has 0 unspecified atom stereocenters. The lowest BCUT2D eigenvalue weighted by Gasteiger charge is -2.06. The summed E-state index contributed by atoms with van der Waals surface area (Å²) in [6.45, 7) is 0.794. The van der Waals surface area contributed by atoms with E-state index in [1.807, 2.05) is 0 Å². The highest BCUT2D eigenvalue weighted by molar-refractivity contribution is 5.88. The van der Waals surface area contributed by atoms with Crippen LogP contribution in [0.2, 0.25) is 0 Å². The van der Waals surface area contributed by atoms with Crippen molar-refractivity contribution in [3.8, 4) is 0 Å². The first-order chi connectivity index (χ1) is 9.16. The van der Waals surface area contributed by atoms with Gasteiger partial charge in [-0.25, -0.2) is 14.8 Å². The second-order valence-corrected chi connectivity index (χ2v) is 4.46. The number of carboxylic acid groups (broad SMARTS) is 1. The van der Waals surface area contributed by atoms with Gasteiger partial charge >= 0.3 is 5.97 Å². The molecule has 1 aliphatic rings. The van der Waals surface area contributed by atoms with Crippen LogP contribution in [0.1, 0.15) is 35.3 Å². The molecule has 1 amide bonds. The number of aromatic carboxylic acids is 1. The van der Waals surface area contributed by atoms with Gasteiger partial charge in [0, 0.05) is 31.7 Å². The topological polar surface area (TPSA) is 104 Å². The number of carbonyl (C=O) groups is 2. The Morgan fingerprint density at radius 3 is 2.89 bits per heavy atom. The smallest absolute Gasteiger partial charge is 0.339 e. The summed E-state index contributed by atoms with van der Waals surface area (Å²) in [5.74, 6) is -1.03. The van der Waals surface area contributed by atoms with Gasteiger partial charge in [0.2, 0.25) is 5.91 Å². The van der Waals surface area contributed by atoms with Crippen LogP contribution in [0.3, 0.4) is 0 Å². The van der Waals surface area contributed by atoms with Gasteiger partial charge in [-0.1, -0.05) is 0 Å². The minimum atomic E-state index is -1.05. The van der Waals surface area contributed by atoms with Gasteiger partial charge in [-0.15, -0.1) is 0 Å². The third kappa shape index (κ3) is 4.29. The monoisotopic (exact) mass is 264 g/mol. The van der Waals surface area contributed by atoms with Crippen molar-refractivity contribution in [1.82, 2.24) is 20.6 Å². The molecule has 0 spiro atoms. The van der Waals surface area contributed by atoms with E-state index in [0.29, 0.717) is 31.2 Å². The number of hydrogen-bond acceptors (Lipinski definition) is 5. The van der Waals surface area contributed by atoms with E-state index in [4.69, 9.17) is 5.11 Å². The fourth-order valence-electron chi connectivity index (χ4n) is 1.61. The molecule has 0 aliphatic heterocycles. The number of nitrogens with one attached hydrogen (secondary N) is 2. The Hall–Kier alpha value is -2.02. The molecule has 1 heterocycles. The van der Waals surface area contributed by atoms with Crippen molar-refractivity contribution < 1.29 is 14.7 Å². The van der Waals surface area contributed by atoms with Crippen LogP contribution in [0.5, 0.6) is 0 Å². The summed E-state index contributed by atoms with van der Waals surface area (Å²) in [6.07, 6.45) is 5.10. The normalized spacial score (nSPS) is 14.1. The zero-order valence-electron chi connectivity index (χ0n) is 10.4. The second kappa shape index (κ2) is 6.24. The van der Waals surface area contributed by atoms with Crippen molar-refractivity contribution in [1.29, 1.82) is 0 Å². The SMILES string of the molecule is O=C(CCNCc1ncncc1C(=O)O)NC1CC1. The van der Waals surface area contributed by atoms with E-state index < -0.39 is 5.97 Å². The Morgan fingerprint density at radius 2 is 2.21 bits per heavy atom. The fourth-order valence-corrected chi connectivity index (χ4v) is 1.61. The number of nitrogens with zero attached hydrogens (tertiary/aromatic N) is 2. The molecule has 1 fully saturated rings. The van der Waals surface area contributed by atoms with E-state index in [1.54, 1.807) is 0 Å². The summed E-state index contributed by atoms with van der Waals surface area (Å²) >= 11 is 0. The summed E-state index contributed by atoms with van der Waals surface area (Å²) in [4.78, 5) is 29.9. The van der Waals surface area contributed by atoms with Crippen molar-refractivity contribution >= 4 is 11.9 Å². The van der Waals surface area contributed by atoms with Gasteiger partial charge in [-0.3, -0.25) is 4.79 Å². The van der Waals surface area contributed by atoms with Gasteiger partial charge in [0.25, 0.3) is 0 Å². The minimum absolute atomic E-state index is 0.0242. The number of hydrogen-bond donors (Lipinski definition) is 3. The predicted octanol–water partition coefficient (Wildman–Crippen LogP) is -0.0669. The molecule has 0 radical (unpaired) electrons. The molecule has 3 N–H and O–H groups in total. The molecule has 1 aromatic heterocycles. The third-order valence-corrected chi connectivity index (χ3v) is 2.79. The Bertz CT molecular complexity index is 474. The van der Waals surface area contributed by atoms with Gasteiger partial charge in [-0.05, 0) is 12.8 Å². The maximum atomic E-state index is 11.4. The zero-order valence-corrected chi connectivity index (χ0v) is 10.4. The van der Waals surface area contributed by atoms with Crippen LogP contribution in [0, 0.1) is 0 Å². The Morgan fingerprint density at radius 1 is 1.42 bits per heavy atom. The van der Waals surface area contributed by atoms with Crippen LogP contribution >= 0.6 is 0 Å². The van der Waals surface area contributed by atoms with Crippen LogP contribution in [0.25, 0.3) is 0 Å². The molecule has 102 valence electrons. The van der Waals surface area contributed by atoms with Crippen molar-refractivity contribution in [3.63, 3.8) is 0 Å². The van der Waals surface area contributed by atoms with E-state index in [9.17, 15) is 9.59 Å². The quantitative estimate of drug-likeness (QED) is 0.596. The molecule has 0 atom stereocenters. The molecule has 1 saturated carbocycles. The van der Waals surface area contributed by atoms with Gasteiger partial charge in [0.05, 0.1) is 5.69 Å². The lowest BCUT2D eigenvalue weighted by atomic mass is 10.2. The molecule has 0 bridgehead atoms. The average Bonchev–Trinajstić information content (AvgIpc) is 3.19. The van der Waals surface area contributed by atoms with E-state index in [0.717, 1.165) is 12.8 Å². The summed E-state index contributed by atoms with van der Waals surface area (Å²) in [5, 5.41) is 14.8. The summed E-state index contributed by atoms with van der Waals surface area (Å²) in [5.41, 5.74) is 0.502. The van der Waals surface area contributed by atoms with Crippen LogP contribution in [-0.2, 0) is 11.3 Å². The van der Waals surface area contributed by atoms with Crippen LogP contribution in [0.15, 0.2) is 12.5 Å². The number of carboxylic acids is 1. The van der Waals surface area contributed by atoms with Crippen LogP contribution < -0.4 is 10.6 Å². The highest BCUT2D eigenvalue weighted by atomic mass is 16.4. The maximum absolute atomic E-state index is 11.4. The van der Waals surface area contributed by atoms with Crippen molar-refractivity contribution in [2.75, 3.05) is 6.54 Å². The van der Waals surface area contributed by atoms with Crippen molar-refractivity contribution in [3.05, 3.63) is 23.8 Å². The second-order valence-electron chi connectivity index (χ2n) is 4.46. The molecule has 7 nitrogen and oxygen atoms in total. The first-order valence-electron chi connectivity index (χ1n) is 6.19. The zero-order chi connectivity index (χ0) is 13.7. The van der Waals surface area contributed by atoms with Gasteiger partial charge in [0.1, 0.15) is 11.9 Å². The highest BCUT2D eigenvalue weighted by Crippen LogP contribution is 2.18. The van der Waals surface area contributed by atoms with E-state index in [2.05, 4.69) is 20.6 Å². The lowest BCUT2D eigenvalue weighted by molar-refractivity contribution is -0.121. The number of rotatable bonds is 7. The van der Waals surface area contributed by atoms with Gasteiger partial charge < -0.3 is 15.7 Å². The first kappa shape index (κ1) is 13.4. The van der Waals surface area contributed by atoms with E-state index in [-0.39, 0.29) is 11.5 Å². The van der Waals surface area contributed by atoms with Gasteiger partial charge in [-0.2, -0.15) is 0 Å². The van der Waals surface area contributed by atoms with E-state index >= 15 is 0 Å². The standard InChI is InChI=1S/C12H16N4O3/c17-11(16-8-1-2-8)3-4-13-6-10-9(12(18)19)5-14-7-15-10/h5,7-8,13H,1-4,6H2,(H,16,17)(H,18,19). The lowest BCUT2D eigenvalue weighted by Crippen LogP contribution is -2.29. The summed E-state index contributed by atoms with van der Waals surface area (Å²) < 4.78 is 0. The molecular weight excluding hydrogens is 248 g/mol. The highest BCUT2D eigenvalue weighted by Gasteiger charge is 2.22. The molecule has 7 heteroatoms. The molecule has 0 saturated heterocycles. The molecule has 2 rings (SSSR count). The van der Waals surface area contributed by atoms with Crippen LogP contribution in [-0.4, -0.2) is 39.5 Å². The van der Waals surface area contributed by atoms with Crippen molar-refractivity contribution in [2.24, 2.45) is 0 Å². The first-order valence-corrected chi connectivity index (χ1v) is 6.19. The van der Waals surface area contributed by atoms with Gasteiger partial charge in [0.15, 0.2) is 0 Å². The Labute approximate surface area is 110 Å². The summed E-state index contributed by atoms with van der Waals surface area (Å²) in [7, 11) is 0. The minimum Gasteiger partial charge on any atom is -0.478 e. The molecule has 1 aliphatic carbocycles. The van der Waals surface area contributed by atoms with Crippen LogP contribution in [0.4, 0.5) is 0 Å². The fraction of sp³-hybridized carbons (Fsp3) is 0.500. The summed E-state index contributed by atoms with van der Waals surface area (Å²) in [6, 6.07) is 0.368. The number of amides is 1. The number of aromatic nitrogens is 2.